The Morgan fingerprint density at radius 1 is 1.16 bits per heavy atom. The molecule has 0 aromatic heterocycles. The molecule has 1 atom stereocenters. The molecule has 2 rings (SSSR count). The van der Waals surface area contributed by atoms with Crippen molar-refractivity contribution in [2.45, 2.75) is 69.9 Å². The molecule has 1 saturated heterocycles. The Morgan fingerprint density at radius 3 is 2.53 bits per heavy atom. The van der Waals surface area contributed by atoms with Crippen molar-refractivity contribution in [1.82, 2.24) is 4.90 Å². The molecule has 1 heterocycles. The molecular formula is C15H26BrNO2. The molecule has 3 nitrogen and oxygen atoms in total. The van der Waals surface area contributed by atoms with Crippen LogP contribution in [-0.4, -0.2) is 41.4 Å². The number of hydrogen-bond acceptors (Lipinski definition) is 2. The fourth-order valence-electron chi connectivity index (χ4n) is 3.28. The summed E-state index contributed by atoms with van der Waals surface area (Å²) in [5.41, 5.74) is 0. The molecule has 4 heteroatoms. The van der Waals surface area contributed by atoms with E-state index in [1.807, 2.05) is 0 Å². The average Bonchev–Trinajstić information content (AvgIpc) is 2.97. The van der Waals surface area contributed by atoms with E-state index in [4.69, 9.17) is 4.74 Å². The Bertz CT molecular complexity index is 273. The normalized spacial score (nSPS) is 24.6. The first-order chi connectivity index (χ1) is 9.31. The van der Waals surface area contributed by atoms with Gasteiger partial charge in [-0.3, -0.25) is 4.79 Å². The second-order valence-corrected chi connectivity index (χ2v) is 6.53. The van der Waals surface area contributed by atoms with E-state index in [2.05, 4.69) is 20.8 Å². The van der Waals surface area contributed by atoms with Crippen LogP contribution in [-0.2, 0) is 9.53 Å². The van der Waals surface area contributed by atoms with E-state index in [9.17, 15) is 4.79 Å². The number of rotatable bonds is 6. The maximum atomic E-state index is 12.4. The molecule has 0 aromatic rings. The maximum absolute atomic E-state index is 12.4. The predicted molar refractivity (Wildman–Crippen MR) is 80.6 cm³/mol. The Kier molecular flexibility index (Phi) is 6.65. The summed E-state index contributed by atoms with van der Waals surface area (Å²) in [5, 5.41) is 0.884. The fraction of sp³-hybridized carbons (Fsp3) is 0.933. The summed E-state index contributed by atoms with van der Waals surface area (Å²) in [6.07, 6.45) is 10.4. The van der Waals surface area contributed by atoms with Crippen molar-refractivity contribution in [3.8, 4) is 0 Å². The molecule has 1 amide bonds. The zero-order valence-electron chi connectivity index (χ0n) is 11.8. The van der Waals surface area contributed by atoms with Crippen LogP contribution < -0.4 is 0 Å². The molecule has 2 fully saturated rings. The lowest BCUT2D eigenvalue weighted by Gasteiger charge is -2.29. The number of amides is 1. The second kappa shape index (κ2) is 8.25. The number of carbonyl (C=O) groups is 1. The van der Waals surface area contributed by atoms with Crippen LogP contribution in [0.25, 0.3) is 0 Å². The van der Waals surface area contributed by atoms with Gasteiger partial charge in [0.1, 0.15) is 0 Å². The SMILES string of the molecule is O=C(CCC1CCCCO1)N(CCBr)C1CCCC1. The Balaban J connectivity index is 1.77. The first-order valence-corrected chi connectivity index (χ1v) is 8.90. The molecule has 0 bridgehead atoms. The van der Waals surface area contributed by atoms with Gasteiger partial charge in [-0.05, 0) is 38.5 Å². The lowest BCUT2D eigenvalue weighted by Crippen LogP contribution is -2.40. The lowest BCUT2D eigenvalue weighted by molar-refractivity contribution is -0.134. The van der Waals surface area contributed by atoms with Crippen molar-refractivity contribution in [2.24, 2.45) is 0 Å². The van der Waals surface area contributed by atoms with Gasteiger partial charge in [-0.15, -0.1) is 0 Å². The van der Waals surface area contributed by atoms with Crippen LogP contribution in [0.15, 0.2) is 0 Å². The van der Waals surface area contributed by atoms with Crippen LogP contribution in [0.2, 0.25) is 0 Å². The highest BCUT2D eigenvalue weighted by molar-refractivity contribution is 9.09. The number of hydrogen-bond donors (Lipinski definition) is 0. The summed E-state index contributed by atoms with van der Waals surface area (Å²) in [7, 11) is 0. The van der Waals surface area contributed by atoms with Crippen LogP contribution in [0.5, 0.6) is 0 Å². The van der Waals surface area contributed by atoms with Gasteiger partial charge in [0.25, 0.3) is 0 Å². The van der Waals surface area contributed by atoms with E-state index in [0.29, 0.717) is 24.5 Å². The molecule has 110 valence electrons. The van der Waals surface area contributed by atoms with Crippen LogP contribution in [0.1, 0.15) is 57.8 Å². The predicted octanol–water partition coefficient (Wildman–Crippen LogP) is 3.50. The minimum absolute atomic E-state index is 0.326. The minimum atomic E-state index is 0.326. The van der Waals surface area contributed by atoms with Crippen molar-refractivity contribution >= 4 is 21.8 Å². The molecule has 1 aliphatic heterocycles. The maximum Gasteiger partial charge on any atom is 0.222 e. The van der Waals surface area contributed by atoms with Gasteiger partial charge in [-0.25, -0.2) is 0 Å². The summed E-state index contributed by atoms with van der Waals surface area (Å²) in [6, 6.07) is 0.498. The van der Waals surface area contributed by atoms with Gasteiger partial charge in [0.05, 0.1) is 6.10 Å². The molecular weight excluding hydrogens is 306 g/mol. The van der Waals surface area contributed by atoms with Crippen molar-refractivity contribution < 1.29 is 9.53 Å². The highest BCUT2D eigenvalue weighted by Gasteiger charge is 2.26. The fourth-order valence-corrected chi connectivity index (χ4v) is 3.66. The second-order valence-electron chi connectivity index (χ2n) is 5.74. The number of nitrogens with zero attached hydrogens (tertiary/aromatic N) is 1. The molecule has 0 aromatic carbocycles. The van der Waals surface area contributed by atoms with E-state index in [-0.39, 0.29) is 0 Å². The third kappa shape index (κ3) is 4.75. The summed E-state index contributed by atoms with van der Waals surface area (Å²) < 4.78 is 5.71. The number of halogens is 1. The standard InChI is InChI=1S/C15H26BrNO2/c16-10-11-17(13-5-1-2-6-13)15(18)9-8-14-7-3-4-12-19-14/h13-14H,1-12H2. The summed E-state index contributed by atoms with van der Waals surface area (Å²) in [6.45, 7) is 1.74. The molecule has 1 aliphatic carbocycles. The Labute approximate surface area is 125 Å². The van der Waals surface area contributed by atoms with E-state index >= 15 is 0 Å². The monoisotopic (exact) mass is 331 g/mol. The van der Waals surface area contributed by atoms with E-state index in [0.717, 1.165) is 31.3 Å². The summed E-state index contributed by atoms with van der Waals surface area (Å²) in [4.78, 5) is 14.5. The van der Waals surface area contributed by atoms with Gasteiger partial charge in [0.2, 0.25) is 5.91 Å². The van der Waals surface area contributed by atoms with E-state index < -0.39 is 0 Å². The molecule has 1 saturated carbocycles. The molecule has 19 heavy (non-hydrogen) atoms. The minimum Gasteiger partial charge on any atom is -0.378 e. The first-order valence-electron chi connectivity index (χ1n) is 7.78. The first kappa shape index (κ1) is 15.3. The largest absolute Gasteiger partial charge is 0.378 e. The van der Waals surface area contributed by atoms with Crippen molar-refractivity contribution in [3.05, 3.63) is 0 Å². The number of ether oxygens (including phenoxy) is 1. The van der Waals surface area contributed by atoms with Gasteiger partial charge in [-0.2, -0.15) is 0 Å². The molecule has 0 spiro atoms. The average molecular weight is 332 g/mol. The van der Waals surface area contributed by atoms with Crippen molar-refractivity contribution in [1.29, 1.82) is 0 Å². The van der Waals surface area contributed by atoms with Gasteiger partial charge in [0, 0.05) is 30.9 Å². The van der Waals surface area contributed by atoms with Crippen LogP contribution >= 0.6 is 15.9 Å². The van der Waals surface area contributed by atoms with Gasteiger partial charge in [-0.1, -0.05) is 28.8 Å². The summed E-state index contributed by atoms with van der Waals surface area (Å²) >= 11 is 3.47. The molecule has 0 N–H and O–H groups in total. The van der Waals surface area contributed by atoms with Crippen LogP contribution in [0.3, 0.4) is 0 Å². The smallest absolute Gasteiger partial charge is 0.222 e. The van der Waals surface area contributed by atoms with Gasteiger partial charge < -0.3 is 9.64 Å². The molecule has 0 radical (unpaired) electrons. The quantitative estimate of drug-likeness (QED) is 0.697. The lowest BCUT2D eigenvalue weighted by atomic mass is 10.0. The van der Waals surface area contributed by atoms with Crippen LogP contribution in [0, 0.1) is 0 Å². The Morgan fingerprint density at radius 2 is 1.89 bits per heavy atom. The zero-order valence-corrected chi connectivity index (χ0v) is 13.4. The molecule has 1 unspecified atom stereocenters. The van der Waals surface area contributed by atoms with E-state index in [1.54, 1.807) is 0 Å². The highest BCUT2D eigenvalue weighted by Crippen LogP contribution is 2.25. The third-order valence-corrected chi connectivity index (χ3v) is 4.72. The third-order valence-electron chi connectivity index (χ3n) is 4.37. The topological polar surface area (TPSA) is 29.5 Å². The van der Waals surface area contributed by atoms with Crippen molar-refractivity contribution in [3.63, 3.8) is 0 Å². The number of alkyl halides is 1. The summed E-state index contributed by atoms with van der Waals surface area (Å²) in [5.74, 6) is 0.334. The number of carbonyl (C=O) groups excluding carboxylic acids is 1. The van der Waals surface area contributed by atoms with Gasteiger partial charge in [0.15, 0.2) is 0 Å². The van der Waals surface area contributed by atoms with Gasteiger partial charge >= 0.3 is 0 Å². The van der Waals surface area contributed by atoms with E-state index in [1.165, 1.54) is 38.5 Å². The Hall–Kier alpha value is -0.0900. The highest BCUT2D eigenvalue weighted by atomic mass is 79.9. The zero-order chi connectivity index (χ0) is 13.5. The van der Waals surface area contributed by atoms with Crippen LogP contribution in [0.4, 0.5) is 0 Å². The molecule has 2 aliphatic rings. The van der Waals surface area contributed by atoms with Crippen molar-refractivity contribution in [2.75, 3.05) is 18.5 Å².